The van der Waals surface area contributed by atoms with Crippen LogP contribution in [0.2, 0.25) is 0 Å². The predicted molar refractivity (Wildman–Crippen MR) is 69.1 cm³/mol. The van der Waals surface area contributed by atoms with Crippen LogP contribution in [-0.4, -0.2) is 36.5 Å². The standard InChI is InChI=1S/C14H27NO2/c16-14(8-4-5-9-14)12-15-10-11-17-13-6-2-1-3-7-13/h13,15-16H,1-12H2. The van der Waals surface area contributed by atoms with Crippen LogP contribution < -0.4 is 5.32 Å². The Hall–Kier alpha value is -0.120. The van der Waals surface area contributed by atoms with E-state index in [1.165, 1.54) is 44.9 Å². The van der Waals surface area contributed by atoms with Gasteiger partial charge < -0.3 is 15.2 Å². The summed E-state index contributed by atoms with van der Waals surface area (Å²) in [5, 5.41) is 13.5. The molecular weight excluding hydrogens is 214 g/mol. The van der Waals surface area contributed by atoms with Gasteiger partial charge in [-0.2, -0.15) is 0 Å². The lowest BCUT2D eigenvalue weighted by atomic mass is 9.98. The van der Waals surface area contributed by atoms with Crippen LogP contribution >= 0.6 is 0 Å². The van der Waals surface area contributed by atoms with Crippen LogP contribution in [0.3, 0.4) is 0 Å². The Morgan fingerprint density at radius 1 is 1.06 bits per heavy atom. The maximum absolute atomic E-state index is 10.1. The molecule has 0 amide bonds. The minimum Gasteiger partial charge on any atom is -0.389 e. The van der Waals surface area contributed by atoms with Crippen molar-refractivity contribution in [2.45, 2.75) is 69.5 Å². The van der Waals surface area contributed by atoms with Crippen molar-refractivity contribution in [3.8, 4) is 0 Å². The van der Waals surface area contributed by atoms with E-state index in [-0.39, 0.29) is 0 Å². The SMILES string of the molecule is OC1(CNCCOC2CCCCC2)CCCC1. The summed E-state index contributed by atoms with van der Waals surface area (Å²) < 4.78 is 5.84. The second kappa shape index (κ2) is 6.72. The number of hydrogen-bond donors (Lipinski definition) is 2. The normalized spacial score (nSPS) is 25.2. The fourth-order valence-electron chi connectivity index (χ4n) is 3.06. The Labute approximate surface area is 105 Å². The monoisotopic (exact) mass is 241 g/mol. The van der Waals surface area contributed by atoms with E-state index in [1.807, 2.05) is 0 Å². The summed E-state index contributed by atoms with van der Waals surface area (Å²) in [6, 6.07) is 0. The van der Waals surface area contributed by atoms with Gasteiger partial charge in [0, 0.05) is 13.1 Å². The van der Waals surface area contributed by atoms with Gasteiger partial charge in [-0.3, -0.25) is 0 Å². The van der Waals surface area contributed by atoms with Gasteiger partial charge in [0.05, 0.1) is 18.3 Å². The summed E-state index contributed by atoms with van der Waals surface area (Å²) in [7, 11) is 0. The zero-order valence-electron chi connectivity index (χ0n) is 10.9. The van der Waals surface area contributed by atoms with Gasteiger partial charge in [-0.15, -0.1) is 0 Å². The molecular formula is C14H27NO2. The summed E-state index contributed by atoms with van der Waals surface area (Å²) in [4.78, 5) is 0. The van der Waals surface area contributed by atoms with Crippen LogP contribution in [0, 0.1) is 0 Å². The van der Waals surface area contributed by atoms with Crippen LogP contribution in [0.15, 0.2) is 0 Å². The first-order valence-electron chi connectivity index (χ1n) is 7.33. The van der Waals surface area contributed by atoms with E-state index >= 15 is 0 Å². The quantitative estimate of drug-likeness (QED) is 0.701. The first-order valence-corrected chi connectivity index (χ1v) is 7.33. The summed E-state index contributed by atoms with van der Waals surface area (Å²) >= 11 is 0. The molecule has 17 heavy (non-hydrogen) atoms. The first-order chi connectivity index (χ1) is 8.29. The smallest absolute Gasteiger partial charge is 0.0771 e. The van der Waals surface area contributed by atoms with Crippen molar-refractivity contribution in [1.82, 2.24) is 5.32 Å². The average Bonchev–Trinajstić information content (AvgIpc) is 2.77. The van der Waals surface area contributed by atoms with Gasteiger partial charge in [0.15, 0.2) is 0 Å². The summed E-state index contributed by atoms with van der Waals surface area (Å²) in [6.07, 6.45) is 11.3. The Kier molecular flexibility index (Phi) is 5.26. The third-order valence-electron chi connectivity index (χ3n) is 4.17. The second-order valence-corrected chi connectivity index (χ2v) is 5.74. The lowest BCUT2D eigenvalue weighted by Gasteiger charge is -2.24. The second-order valence-electron chi connectivity index (χ2n) is 5.74. The third-order valence-corrected chi connectivity index (χ3v) is 4.17. The lowest BCUT2D eigenvalue weighted by molar-refractivity contribution is 0.0215. The van der Waals surface area contributed by atoms with Crippen molar-refractivity contribution in [2.24, 2.45) is 0 Å². The molecule has 3 nitrogen and oxygen atoms in total. The Balaban J connectivity index is 1.48. The number of nitrogens with one attached hydrogen (secondary N) is 1. The van der Waals surface area contributed by atoms with Crippen molar-refractivity contribution in [1.29, 1.82) is 0 Å². The molecule has 0 saturated heterocycles. The molecule has 2 N–H and O–H groups in total. The molecule has 2 aliphatic rings. The highest BCUT2D eigenvalue weighted by Crippen LogP contribution is 2.28. The van der Waals surface area contributed by atoms with Crippen LogP contribution in [0.4, 0.5) is 0 Å². The molecule has 0 aliphatic heterocycles. The summed E-state index contributed by atoms with van der Waals surface area (Å²) in [5.41, 5.74) is -0.426. The molecule has 2 saturated carbocycles. The first kappa shape index (κ1) is 13.3. The van der Waals surface area contributed by atoms with E-state index in [0.29, 0.717) is 6.10 Å². The Morgan fingerprint density at radius 3 is 2.47 bits per heavy atom. The molecule has 0 aromatic heterocycles. The average molecular weight is 241 g/mol. The highest BCUT2D eigenvalue weighted by Gasteiger charge is 2.30. The largest absolute Gasteiger partial charge is 0.389 e. The molecule has 2 aliphatic carbocycles. The number of aliphatic hydroxyl groups is 1. The van der Waals surface area contributed by atoms with Gasteiger partial charge in [0.2, 0.25) is 0 Å². The van der Waals surface area contributed by atoms with E-state index in [9.17, 15) is 5.11 Å². The molecule has 2 fully saturated rings. The van der Waals surface area contributed by atoms with Crippen LogP contribution in [0.1, 0.15) is 57.8 Å². The molecule has 0 heterocycles. The van der Waals surface area contributed by atoms with Gasteiger partial charge in [0.25, 0.3) is 0 Å². The van der Waals surface area contributed by atoms with Crippen molar-refractivity contribution in [3.63, 3.8) is 0 Å². The molecule has 0 bridgehead atoms. The zero-order chi connectivity index (χ0) is 12.0. The minimum atomic E-state index is -0.426. The highest BCUT2D eigenvalue weighted by molar-refractivity contribution is 4.86. The topological polar surface area (TPSA) is 41.5 Å². The number of hydrogen-bond acceptors (Lipinski definition) is 3. The molecule has 0 radical (unpaired) electrons. The number of rotatable bonds is 6. The number of ether oxygens (including phenoxy) is 1. The minimum absolute atomic E-state index is 0.426. The van der Waals surface area contributed by atoms with Gasteiger partial charge in [-0.05, 0) is 25.7 Å². The molecule has 0 atom stereocenters. The molecule has 0 aromatic carbocycles. The fourth-order valence-corrected chi connectivity index (χ4v) is 3.06. The van der Waals surface area contributed by atoms with E-state index in [2.05, 4.69) is 5.32 Å². The molecule has 0 spiro atoms. The van der Waals surface area contributed by atoms with E-state index in [1.54, 1.807) is 0 Å². The molecule has 100 valence electrons. The molecule has 3 heteroatoms. The van der Waals surface area contributed by atoms with Crippen LogP contribution in [0.25, 0.3) is 0 Å². The highest BCUT2D eigenvalue weighted by atomic mass is 16.5. The van der Waals surface area contributed by atoms with Gasteiger partial charge in [-0.1, -0.05) is 32.1 Å². The van der Waals surface area contributed by atoms with Crippen molar-refractivity contribution in [2.75, 3.05) is 19.7 Å². The van der Waals surface area contributed by atoms with Gasteiger partial charge in [0.1, 0.15) is 0 Å². The van der Waals surface area contributed by atoms with Crippen molar-refractivity contribution >= 4 is 0 Å². The summed E-state index contributed by atoms with van der Waals surface area (Å²) in [5.74, 6) is 0. The third kappa shape index (κ3) is 4.57. The Bertz CT molecular complexity index is 208. The van der Waals surface area contributed by atoms with Crippen LogP contribution in [0.5, 0.6) is 0 Å². The summed E-state index contributed by atoms with van der Waals surface area (Å²) in [6.45, 7) is 2.40. The lowest BCUT2D eigenvalue weighted by Crippen LogP contribution is -2.39. The fraction of sp³-hybridized carbons (Fsp3) is 1.00. The van der Waals surface area contributed by atoms with Gasteiger partial charge in [-0.25, -0.2) is 0 Å². The van der Waals surface area contributed by atoms with Crippen LogP contribution in [-0.2, 0) is 4.74 Å². The van der Waals surface area contributed by atoms with Gasteiger partial charge >= 0.3 is 0 Å². The predicted octanol–water partition coefficient (Wildman–Crippen LogP) is 2.23. The van der Waals surface area contributed by atoms with Crippen molar-refractivity contribution < 1.29 is 9.84 Å². The van der Waals surface area contributed by atoms with E-state index < -0.39 is 5.60 Å². The maximum Gasteiger partial charge on any atom is 0.0771 e. The van der Waals surface area contributed by atoms with E-state index in [4.69, 9.17) is 4.74 Å². The Morgan fingerprint density at radius 2 is 1.76 bits per heavy atom. The zero-order valence-corrected chi connectivity index (χ0v) is 10.9. The van der Waals surface area contributed by atoms with E-state index in [0.717, 1.165) is 32.5 Å². The molecule has 0 aromatic rings. The molecule has 2 rings (SSSR count). The van der Waals surface area contributed by atoms with Crippen molar-refractivity contribution in [3.05, 3.63) is 0 Å². The maximum atomic E-state index is 10.1. The molecule has 0 unspecified atom stereocenters.